The number of nitrogens with zero attached hydrogens (tertiary/aromatic N) is 1. The first-order valence-electron chi connectivity index (χ1n) is 7.51. The molecule has 3 aliphatic rings. The van der Waals surface area contributed by atoms with Gasteiger partial charge in [-0.15, -0.1) is 0 Å². The smallest absolute Gasteiger partial charge is 0.226 e. The van der Waals surface area contributed by atoms with Gasteiger partial charge in [0.05, 0.1) is 13.2 Å². The van der Waals surface area contributed by atoms with Crippen LogP contribution in [-0.4, -0.2) is 43.4 Å². The zero-order valence-corrected chi connectivity index (χ0v) is 11.4. The molecule has 1 atom stereocenters. The zero-order chi connectivity index (χ0) is 13.1. The number of piperidine rings is 1. The molecular weight excluding hydrogens is 242 g/mol. The maximum atomic E-state index is 12.4. The molecule has 0 spiro atoms. The summed E-state index contributed by atoms with van der Waals surface area (Å²) in [6.07, 6.45) is 9.34. The number of rotatable bonds is 2. The lowest BCUT2D eigenvalue weighted by Gasteiger charge is -2.36. The van der Waals surface area contributed by atoms with E-state index in [4.69, 9.17) is 9.47 Å². The summed E-state index contributed by atoms with van der Waals surface area (Å²) in [7, 11) is 0. The fourth-order valence-electron chi connectivity index (χ4n) is 3.32. The molecule has 4 heteroatoms. The van der Waals surface area contributed by atoms with Gasteiger partial charge in [-0.1, -0.05) is 12.2 Å². The van der Waals surface area contributed by atoms with Gasteiger partial charge in [0.1, 0.15) is 0 Å². The van der Waals surface area contributed by atoms with E-state index < -0.39 is 0 Å². The topological polar surface area (TPSA) is 38.8 Å². The molecule has 0 N–H and O–H groups in total. The second kappa shape index (κ2) is 6.06. The molecule has 1 aliphatic carbocycles. The summed E-state index contributed by atoms with van der Waals surface area (Å²) in [6, 6.07) is 0. The van der Waals surface area contributed by atoms with Crippen LogP contribution in [-0.2, 0) is 14.3 Å². The van der Waals surface area contributed by atoms with Gasteiger partial charge < -0.3 is 14.4 Å². The SMILES string of the molecule is O=C(C1CC=CCC1)N1CCC(C2OCCO2)CC1. The van der Waals surface area contributed by atoms with E-state index in [9.17, 15) is 4.79 Å². The Morgan fingerprint density at radius 3 is 2.42 bits per heavy atom. The van der Waals surface area contributed by atoms with Crippen LogP contribution in [0.15, 0.2) is 12.2 Å². The Hall–Kier alpha value is -0.870. The van der Waals surface area contributed by atoms with E-state index in [-0.39, 0.29) is 12.2 Å². The lowest BCUT2D eigenvalue weighted by Crippen LogP contribution is -2.44. The van der Waals surface area contributed by atoms with Crippen molar-refractivity contribution in [1.82, 2.24) is 4.90 Å². The standard InChI is InChI=1S/C15H23NO3/c17-14(12-4-2-1-3-5-12)16-8-6-13(7-9-16)15-18-10-11-19-15/h1-2,12-13,15H,3-11H2. The number of ether oxygens (including phenoxy) is 2. The number of hydrogen-bond acceptors (Lipinski definition) is 3. The molecule has 2 fully saturated rings. The molecule has 1 unspecified atom stereocenters. The van der Waals surface area contributed by atoms with E-state index in [1.165, 1.54) is 0 Å². The van der Waals surface area contributed by atoms with E-state index in [1.54, 1.807) is 0 Å². The minimum atomic E-state index is -0.0186. The van der Waals surface area contributed by atoms with E-state index in [0.717, 1.165) is 58.4 Å². The average molecular weight is 265 g/mol. The number of likely N-dealkylation sites (tertiary alicyclic amines) is 1. The van der Waals surface area contributed by atoms with Crippen molar-refractivity contribution < 1.29 is 14.3 Å². The van der Waals surface area contributed by atoms with Gasteiger partial charge in [0.25, 0.3) is 0 Å². The molecule has 2 aliphatic heterocycles. The predicted molar refractivity (Wildman–Crippen MR) is 71.5 cm³/mol. The third-order valence-electron chi connectivity index (χ3n) is 4.50. The van der Waals surface area contributed by atoms with Crippen molar-refractivity contribution in [2.75, 3.05) is 26.3 Å². The summed E-state index contributed by atoms with van der Waals surface area (Å²) >= 11 is 0. The van der Waals surface area contributed by atoms with Crippen LogP contribution >= 0.6 is 0 Å². The van der Waals surface area contributed by atoms with E-state index >= 15 is 0 Å². The first-order valence-corrected chi connectivity index (χ1v) is 7.51. The summed E-state index contributed by atoms with van der Waals surface area (Å²) in [4.78, 5) is 14.5. The molecule has 1 amide bonds. The van der Waals surface area contributed by atoms with Gasteiger partial charge >= 0.3 is 0 Å². The van der Waals surface area contributed by atoms with Gasteiger partial charge in [-0.25, -0.2) is 0 Å². The first-order chi connectivity index (χ1) is 9.34. The average Bonchev–Trinajstić information content (AvgIpc) is 3.02. The Morgan fingerprint density at radius 1 is 1.05 bits per heavy atom. The van der Waals surface area contributed by atoms with Crippen molar-refractivity contribution in [3.8, 4) is 0 Å². The maximum Gasteiger partial charge on any atom is 0.226 e. The number of amides is 1. The summed E-state index contributed by atoms with van der Waals surface area (Å²) in [5.41, 5.74) is 0. The molecule has 2 heterocycles. The molecule has 0 aromatic heterocycles. The Morgan fingerprint density at radius 2 is 1.79 bits per heavy atom. The summed E-state index contributed by atoms with van der Waals surface area (Å²) < 4.78 is 11.1. The predicted octanol–water partition coefficient (Wildman–Crippen LogP) is 1.95. The van der Waals surface area contributed by atoms with Gasteiger partial charge in [-0.2, -0.15) is 0 Å². The van der Waals surface area contributed by atoms with E-state index in [1.807, 2.05) is 0 Å². The summed E-state index contributed by atoms with van der Waals surface area (Å²) in [5, 5.41) is 0. The minimum absolute atomic E-state index is 0.0186. The van der Waals surface area contributed by atoms with Crippen molar-refractivity contribution in [1.29, 1.82) is 0 Å². The van der Waals surface area contributed by atoms with Crippen LogP contribution < -0.4 is 0 Å². The molecule has 0 bridgehead atoms. The molecule has 4 nitrogen and oxygen atoms in total. The number of carbonyl (C=O) groups excluding carboxylic acids is 1. The molecular formula is C15H23NO3. The Balaban J connectivity index is 1.49. The van der Waals surface area contributed by atoms with Crippen molar-refractivity contribution in [2.45, 2.75) is 38.4 Å². The highest BCUT2D eigenvalue weighted by Crippen LogP contribution is 2.28. The maximum absolute atomic E-state index is 12.4. The van der Waals surface area contributed by atoms with Gasteiger partial charge in [-0.05, 0) is 32.1 Å². The molecule has 2 saturated heterocycles. The number of hydrogen-bond donors (Lipinski definition) is 0. The van der Waals surface area contributed by atoms with Crippen molar-refractivity contribution in [3.05, 3.63) is 12.2 Å². The number of carbonyl (C=O) groups is 1. The van der Waals surface area contributed by atoms with E-state index in [2.05, 4.69) is 17.1 Å². The Kier molecular flexibility index (Phi) is 4.18. The summed E-state index contributed by atoms with van der Waals surface area (Å²) in [5.74, 6) is 1.05. The van der Waals surface area contributed by atoms with Crippen molar-refractivity contribution in [3.63, 3.8) is 0 Å². The van der Waals surface area contributed by atoms with Crippen LogP contribution in [0.4, 0.5) is 0 Å². The highest BCUT2D eigenvalue weighted by atomic mass is 16.7. The van der Waals surface area contributed by atoms with Crippen molar-refractivity contribution >= 4 is 5.91 Å². The highest BCUT2D eigenvalue weighted by Gasteiger charge is 2.33. The molecule has 0 aromatic rings. The van der Waals surface area contributed by atoms with Gasteiger partial charge in [-0.3, -0.25) is 4.79 Å². The van der Waals surface area contributed by atoms with Crippen LogP contribution in [0.3, 0.4) is 0 Å². The van der Waals surface area contributed by atoms with Crippen LogP contribution in [0.25, 0.3) is 0 Å². The highest BCUT2D eigenvalue weighted by molar-refractivity contribution is 5.79. The molecule has 19 heavy (non-hydrogen) atoms. The fraction of sp³-hybridized carbons (Fsp3) is 0.800. The normalized spacial score (nSPS) is 29.9. The second-order valence-electron chi connectivity index (χ2n) is 5.75. The van der Waals surface area contributed by atoms with Gasteiger partial charge in [0.2, 0.25) is 5.91 Å². The quantitative estimate of drug-likeness (QED) is 0.716. The monoisotopic (exact) mass is 265 g/mol. The molecule has 3 rings (SSSR count). The molecule has 0 radical (unpaired) electrons. The lowest BCUT2D eigenvalue weighted by atomic mass is 9.90. The number of allylic oxidation sites excluding steroid dienone is 2. The van der Waals surface area contributed by atoms with Crippen LogP contribution in [0.1, 0.15) is 32.1 Å². The zero-order valence-electron chi connectivity index (χ0n) is 11.4. The molecule has 0 aromatic carbocycles. The van der Waals surface area contributed by atoms with Gasteiger partial charge in [0.15, 0.2) is 6.29 Å². The van der Waals surface area contributed by atoms with Gasteiger partial charge in [0, 0.05) is 24.9 Å². The lowest BCUT2D eigenvalue weighted by molar-refractivity contribution is -0.141. The Labute approximate surface area is 114 Å². The molecule has 0 saturated carbocycles. The van der Waals surface area contributed by atoms with Crippen LogP contribution in [0, 0.1) is 11.8 Å². The third-order valence-corrected chi connectivity index (χ3v) is 4.50. The molecule has 106 valence electrons. The fourth-order valence-corrected chi connectivity index (χ4v) is 3.32. The summed E-state index contributed by atoms with van der Waals surface area (Å²) in [6.45, 7) is 3.18. The Bertz CT molecular complexity index is 341. The minimum Gasteiger partial charge on any atom is -0.350 e. The third kappa shape index (κ3) is 3.00. The van der Waals surface area contributed by atoms with Crippen molar-refractivity contribution in [2.24, 2.45) is 11.8 Å². The largest absolute Gasteiger partial charge is 0.350 e. The van der Waals surface area contributed by atoms with Crippen LogP contribution in [0.5, 0.6) is 0 Å². The first kappa shape index (κ1) is 13.1. The van der Waals surface area contributed by atoms with Crippen LogP contribution in [0.2, 0.25) is 0 Å². The van der Waals surface area contributed by atoms with E-state index in [0.29, 0.717) is 11.8 Å². The second-order valence-corrected chi connectivity index (χ2v) is 5.75.